The number of hydrogen-bond acceptors (Lipinski definition) is 5. The van der Waals surface area contributed by atoms with Crippen LogP contribution in [0.4, 0.5) is 0 Å². The number of likely N-dealkylation sites (N-methyl/N-ethyl adjacent to an activating group) is 1. The minimum Gasteiger partial charge on any atom is -0.492 e. The Balaban J connectivity index is 1.72. The molecule has 2 aromatic rings. The lowest BCUT2D eigenvalue weighted by Gasteiger charge is -2.17. The Morgan fingerprint density at radius 2 is 1.68 bits per heavy atom. The van der Waals surface area contributed by atoms with Gasteiger partial charge in [0.05, 0.1) is 23.1 Å². The van der Waals surface area contributed by atoms with Crippen LogP contribution in [0.15, 0.2) is 47.4 Å². The molecule has 2 aromatic carbocycles. The zero-order valence-electron chi connectivity index (χ0n) is 17.0. The van der Waals surface area contributed by atoms with E-state index in [-0.39, 0.29) is 17.9 Å². The summed E-state index contributed by atoms with van der Waals surface area (Å²) in [6, 6.07) is 11.3. The standard InChI is InChI=1S/C20H23Cl2N3O5S/c1-14-8-10-15(11-9-14)31(28,29)25(2)13-19(27)24-23-18(26)7-4-12-30-17-6-3-5-16(21)20(17)22/h3,5-6,8-11H,4,7,12-13H2,1-2H3,(H,23,26)(H,24,27). The predicted octanol–water partition coefficient (Wildman–Crippen LogP) is 2.93. The van der Waals surface area contributed by atoms with E-state index >= 15 is 0 Å². The van der Waals surface area contributed by atoms with Gasteiger partial charge in [-0.25, -0.2) is 8.42 Å². The van der Waals surface area contributed by atoms with E-state index in [0.29, 0.717) is 22.2 Å². The first-order valence-electron chi connectivity index (χ1n) is 9.28. The summed E-state index contributed by atoms with van der Waals surface area (Å²) < 4.78 is 31.3. The maximum Gasteiger partial charge on any atom is 0.253 e. The van der Waals surface area contributed by atoms with Crippen LogP contribution >= 0.6 is 23.2 Å². The number of benzene rings is 2. The summed E-state index contributed by atoms with van der Waals surface area (Å²) in [5.41, 5.74) is 5.36. The van der Waals surface area contributed by atoms with Crippen LogP contribution in [0.5, 0.6) is 5.75 Å². The molecule has 2 N–H and O–H groups in total. The molecule has 2 amide bonds. The van der Waals surface area contributed by atoms with Crippen LogP contribution in [0.2, 0.25) is 10.0 Å². The average molecular weight is 488 g/mol. The summed E-state index contributed by atoms with van der Waals surface area (Å²) in [5.74, 6) is -0.701. The van der Waals surface area contributed by atoms with Gasteiger partial charge in [-0.15, -0.1) is 0 Å². The fourth-order valence-corrected chi connectivity index (χ4v) is 3.90. The van der Waals surface area contributed by atoms with Gasteiger partial charge in [0.15, 0.2) is 0 Å². The highest BCUT2D eigenvalue weighted by Crippen LogP contribution is 2.31. The van der Waals surface area contributed by atoms with Crippen molar-refractivity contribution < 1.29 is 22.7 Å². The molecule has 0 aromatic heterocycles. The number of hydrazine groups is 1. The molecule has 0 unspecified atom stereocenters. The van der Waals surface area contributed by atoms with Gasteiger partial charge >= 0.3 is 0 Å². The summed E-state index contributed by atoms with van der Waals surface area (Å²) in [7, 11) is -2.53. The van der Waals surface area contributed by atoms with Crippen molar-refractivity contribution in [1.29, 1.82) is 0 Å². The number of hydrogen-bond donors (Lipinski definition) is 2. The molecular weight excluding hydrogens is 465 g/mol. The van der Waals surface area contributed by atoms with E-state index in [9.17, 15) is 18.0 Å². The van der Waals surface area contributed by atoms with Gasteiger partial charge in [-0.2, -0.15) is 4.31 Å². The van der Waals surface area contributed by atoms with Crippen molar-refractivity contribution in [2.75, 3.05) is 20.2 Å². The zero-order valence-corrected chi connectivity index (χ0v) is 19.4. The number of rotatable bonds is 9. The molecule has 8 nitrogen and oxygen atoms in total. The molecule has 0 radical (unpaired) electrons. The molecule has 11 heteroatoms. The Bertz CT molecular complexity index is 1030. The molecule has 0 saturated heterocycles. The molecule has 0 aliphatic rings. The van der Waals surface area contributed by atoms with E-state index in [1.807, 2.05) is 6.92 Å². The van der Waals surface area contributed by atoms with Crippen LogP contribution < -0.4 is 15.6 Å². The molecule has 0 aliphatic heterocycles. The number of aryl methyl sites for hydroxylation is 1. The average Bonchev–Trinajstić information content (AvgIpc) is 2.72. The van der Waals surface area contributed by atoms with Gasteiger partial charge in [0.1, 0.15) is 10.8 Å². The lowest BCUT2D eigenvalue weighted by atomic mass is 10.2. The van der Waals surface area contributed by atoms with E-state index in [1.54, 1.807) is 30.3 Å². The normalized spacial score (nSPS) is 11.3. The summed E-state index contributed by atoms with van der Waals surface area (Å²) >= 11 is 11.9. The van der Waals surface area contributed by atoms with Crippen molar-refractivity contribution in [3.8, 4) is 5.75 Å². The first-order valence-corrected chi connectivity index (χ1v) is 11.5. The zero-order chi connectivity index (χ0) is 23.0. The molecule has 0 aliphatic carbocycles. The Labute approximate surface area is 191 Å². The number of nitrogens with one attached hydrogen (secondary N) is 2. The molecule has 0 heterocycles. The monoisotopic (exact) mass is 487 g/mol. The quantitative estimate of drug-likeness (QED) is 0.417. The predicted molar refractivity (Wildman–Crippen MR) is 118 cm³/mol. The van der Waals surface area contributed by atoms with Crippen LogP contribution in [-0.4, -0.2) is 44.7 Å². The second-order valence-corrected chi connectivity index (χ2v) is 9.50. The molecule has 0 fully saturated rings. The van der Waals surface area contributed by atoms with E-state index < -0.39 is 28.4 Å². The van der Waals surface area contributed by atoms with Crippen LogP contribution in [0.1, 0.15) is 18.4 Å². The van der Waals surface area contributed by atoms with Gasteiger partial charge in [-0.3, -0.25) is 20.4 Å². The summed E-state index contributed by atoms with van der Waals surface area (Å²) in [5, 5.41) is 0.666. The number of sulfonamides is 1. The number of carbonyl (C=O) groups excluding carboxylic acids is 2. The Morgan fingerprint density at radius 3 is 2.35 bits per heavy atom. The molecule has 2 rings (SSSR count). The molecule has 0 spiro atoms. The smallest absolute Gasteiger partial charge is 0.253 e. The van der Waals surface area contributed by atoms with Crippen LogP contribution in [0.3, 0.4) is 0 Å². The molecular formula is C20H23Cl2N3O5S. The SMILES string of the molecule is Cc1ccc(S(=O)(=O)N(C)CC(=O)NNC(=O)CCCOc2cccc(Cl)c2Cl)cc1. The lowest BCUT2D eigenvalue weighted by Crippen LogP contribution is -2.46. The van der Waals surface area contributed by atoms with E-state index in [0.717, 1.165) is 9.87 Å². The van der Waals surface area contributed by atoms with Gasteiger partial charge in [0.25, 0.3) is 5.91 Å². The molecule has 31 heavy (non-hydrogen) atoms. The van der Waals surface area contributed by atoms with Crippen molar-refractivity contribution in [2.45, 2.75) is 24.7 Å². The van der Waals surface area contributed by atoms with Gasteiger partial charge in [-0.05, 0) is 37.6 Å². The summed E-state index contributed by atoms with van der Waals surface area (Å²) in [4.78, 5) is 23.9. The highest BCUT2D eigenvalue weighted by molar-refractivity contribution is 7.89. The third-order valence-electron chi connectivity index (χ3n) is 4.16. The van der Waals surface area contributed by atoms with Crippen LogP contribution in [-0.2, 0) is 19.6 Å². The van der Waals surface area contributed by atoms with Gasteiger partial charge in [0, 0.05) is 13.5 Å². The van der Waals surface area contributed by atoms with Gasteiger partial charge in [0.2, 0.25) is 15.9 Å². The second-order valence-electron chi connectivity index (χ2n) is 6.67. The van der Waals surface area contributed by atoms with Crippen molar-refractivity contribution >= 4 is 45.0 Å². The number of amides is 2. The minimum atomic E-state index is -3.82. The third-order valence-corrected chi connectivity index (χ3v) is 6.78. The second kappa shape index (κ2) is 11.3. The maximum atomic E-state index is 12.5. The van der Waals surface area contributed by atoms with Crippen LogP contribution in [0.25, 0.3) is 0 Å². The summed E-state index contributed by atoms with van der Waals surface area (Å²) in [6.45, 7) is 1.61. The highest BCUT2D eigenvalue weighted by atomic mass is 35.5. The minimum absolute atomic E-state index is 0.0793. The Hall–Kier alpha value is -2.33. The first kappa shape index (κ1) is 24.9. The molecule has 0 bridgehead atoms. The van der Waals surface area contributed by atoms with E-state index in [1.165, 1.54) is 19.2 Å². The third kappa shape index (κ3) is 7.39. The van der Waals surface area contributed by atoms with E-state index in [4.69, 9.17) is 27.9 Å². The number of nitrogens with zero attached hydrogens (tertiary/aromatic N) is 1. The lowest BCUT2D eigenvalue weighted by molar-refractivity contribution is -0.129. The van der Waals surface area contributed by atoms with Crippen molar-refractivity contribution in [2.24, 2.45) is 0 Å². The molecule has 0 saturated carbocycles. The maximum absolute atomic E-state index is 12.5. The van der Waals surface area contributed by atoms with Crippen molar-refractivity contribution in [1.82, 2.24) is 15.2 Å². The number of carbonyl (C=O) groups is 2. The Kier molecular flexibility index (Phi) is 9.12. The molecule has 0 atom stereocenters. The number of halogens is 2. The fraction of sp³-hybridized carbons (Fsp3) is 0.300. The van der Waals surface area contributed by atoms with Gasteiger partial charge < -0.3 is 4.74 Å². The largest absolute Gasteiger partial charge is 0.492 e. The fourth-order valence-electron chi connectivity index (χ4n) is 2.43. The highest BCUT2D eigenvalue weighted by Gasteiger charge is 2.23. The van der Waals surface area contributed by atoms with E-state index in [2.05, 4.69) is 10.9 Å². The Morgan fingerprint density at radius 1 is 1.03 bits per heavy atom. The van der Waals surface area contributed by atoms with Gasteiger partial charge in [-0.1, -0.05) is 47.0 Å². The topological polar surface area (TPSA) is 105 Å². The molecule has 168 valence electrons. The summed E-state index contributed by atoms with van der Waals surface area (Å²) in [6.07, 6.45) is 0.447. The van der Waals surface area contributed by atoms with Crippen LogP contribution in [0, 0.1) is 6.92 Å². The van der Waals surface area contributed by atoms with Crippen molar-refractivity contribution in [3.63, 3.8) is 0 Å². The first-order chi connectivity index (χ1) is 14.6. The van der Waals surface area contributed by atoms with Crippen molar-refractivity contribution in [3.05, 3.63) is 58.1 Å². The number of ether oxygens (including phenoxy) is 1.